The van der Waals surface area contributed by atoms with Gasteiger partial charge >= 0.3 is 6.29 Å². The number of alkyl halides is 2. The number of aromatic amines is 1. The number of fused-ring (bicyclic) bond motifs is 1. The van der Waals surface area contributed by atoms with E-state index in [4.69, 9.17) is 0 Å². The Morgan fingerprint density at radius 1 is 1.23 bits per heavy atom. The zero-order valence-electron chi connectivity index (χ0n) is 11.5. The lowest BCUT2D eigenvalue weighted by atomic mass is 10.3. The predicted octanol–water partition coefficient (Wildman–Crippen LogP) is 2.15. The fraction of sp³-hybridized carbons (Fsp3) is 0.250. The van der Waals surface area contributed by atoms with E-state index < -0.39 is 16.3 Å². The van der Waals surface area contributed by atoms with Crippen molar-refractivity contribution in [1.82, 2.24) is 10.2 Å². The van der Waals surface area contributed by atoms with Crippen LogP contribution in [0.25, 0.3) is 0 Å². The molecule has 0 saturated heterocycles. The van der Waals surface area contributed by atoms with Crippen molar-refractivity contribution in [1.29, 1.82) is 0 Å². The van der Waals surface area contributed by atoms with Crippen LogP contribution in [-0.2, 0) is 10.0 Å². The highest BCUT2D eigenvalue weighted by Crippen LogP contribution is 2.42. The third kappa shape index (κ3) is 2.45. The Morgan fingerprint density at radius 2 is 1.91 bits per heavy atom. The van der Waals surface area contributed by atoms with Crippen LogP contribution in [0.1, 0.15) is 11.4 Å². The van der Waals surface area contributed by atoms with Crippen molar-refractivity contribution in [3.05, 3.63) is 29.6 Å². The Labute approximate surface area is 124 Å². The molecule has 0 fully saturated rings. The highest BCUT2D eigenvalue weighted by Gasteiger charge is 2.43. The number of benzene rings is 1. The van der Waals surface area contributed by atoms with Gasteiger partial charge in [0.25, 0.3) is 10.0 Å². The summed E-state index contributed by atoms with van der Waals surface area (Å²) in [5, 5.41) is 6.38. The molecule has 0 radical (unpaired) electrons. The number of rotatable bonds is 3. The molecule has 0 unspecified atom stereocenters. The second kappa shape index (κ2) is 4.57. The summed E-state index contributed by atoms with van der Waals surface area (Å²) in [5.74, 6) is -0.408. The molecule has 7 nitrogen and oxygen atoms in total. The van der Waals surface area contributed by atoms with Crippen molar-refractivity contribution in [2.24, 2.45) is 0 Å². The van der Waals surface area contributed by atoms with E-state index in [-0.39, 0.29) is 22.1 Å². The molecule has 2 N–H and O–H groups in total. The molecule has 1 aliphatic rings. The normalized spacial score (nSPS) is 15.8. The predicted molar refractivity (Wildman–Crippen MR) is 71.5 cm³/mol. The molecule has 1 aromatic carbocycles. The van der Waals surface area contributed by atoms with Gasteiger partial charge in [-0.15, -0.1) is 8.78 Å². The summed E-state index contributed by atoms with van der Waals surface area (Å²) in [6.45, 7) is 3.10. The first-order valence-electron chi connectivity index (χ1n) is 6.12. The molecule has 118 valence electrons. The monoisotopic (exact) mass is 331 g/mol. The SMILES string of the molecule is Cc1n[nH]c(C)c1S(=O)(=O)Nc1ccc2c(c1)OC(F)(F)O2. The standard InChI is InChI=1S/C12H11F2N3O4S/c1-6-11(7(2)16-15-6)22(18,19)17-8-3-4-9-10(5-8)21-12(13,14)20-9/h3-5,17H,1-2H3,(H,15,16). The topological polar surface area (TPSA) is 93.3 Å². The van der Waals surface area contributed by atoms with Crippen LogP contribution in [0.3, 0.4) is 0 Å². The Balaban J connectivity index is 1.92. The zero-order chi connectivity index (χ0) is 16.1. The van der Waals surface area contributed by atoms with Gasteiger partial charge < -0.3 is 9.47 Å². The van der Waals surface area contributed by atoms with Crippen LogP contribution in [0, 0.1) is 13.8 Å². The van der Waals surface area contributed by atoms with Crippen molar-refractivity contribution in [3.63, 3.8) is 0 Å². The van der Waals surface area contributed by atoms with Crippen molar-refractivity contribution in [3.8, 4) is 11.5 Å². The van der Waals surface area contributed by atoms with Gasteiger partial charge in [0.1, 0.15) is 4.90 Å². The van der Waals surface area contributed by atoms with Gasteiger partial charge in [-0.3, -0.25) is 9.82 Å². The molecule has 2 heterocycles. The van der Waals surface area contributed by atoms with Gasteiger partial charge in [0, 0.05) is 6.07 Å². The van der Waals surface area contributed by atoms with Gasteiger partial charge in [0.05, 0.1) is 17.1 Å². The number of ether oxygens (including phenoxy) is 2. The second-order valence-electron chi connectivity index (χ2n) is 4.70. The third-order valence-electron chi connectivity index (χ3n) is 2.98. The zero-order valence-corrected chi connectivity index (χ0v) is 12.3. The van der Waals surface area contributed by atoms with Crippen LogP contribution in [0.4, 0.5) is 14.5 Å². The summed E-state index contributed by atoms with van der Waals surface area (Å²) in [5.41, 5.74) is 0.745. The molecule has 3 rings (SSSR count). The highest BCUT2D eigenvalue weighted by molar-refractivity contribution is 7.92. The van der Waals surface area contributed by atoms with Crippen LogP contribution < -0.4 is 14.2 Å². The maximum absolute atomic E-state index is 12.9. The van der Waals surface area contributed by atoms with Gasteiger partial charge in [-0.2, -0.15) is 5.10 Å². The molecular formula is C12H11F2N3O4S. The molecule has 0 spiro atoms. The molecule has 0 amide bonds. The smallest absolute Gasteiger partial charge is 0.395 e. The molecular weight excluding hydrogens is 320 g/mol. The minimum absolute atomic E-state index is 0.00972. The number of halogens is 2. The fourth-order valence-corrected chi connectivity index (χ4v) is 3.58. The molecule has 0 saturated carbocycles. The van der Waals surface area contributed by atoms with Gasteiger partial charge in [0.2, 0.25) is 0 Å². The third-order valence-corrected chi connectivity index (χ3v) is 4.63. The summed E-state index contributed by atoms with van der Waals surface area (Å²) in [4.78, 5) is 0.00972. The first-order chi connectivity index (χ1) is 10.2. The van der Waals surface area contributed by atoms with Gasteiger partial charge in [-0.05, 0) is 26.0 Å². The van der Waals surface area contributed by atoms with Crippen molar-refractivity contribution < 1.29 is 26.7 Å². The lowest BCUT2D eigenvalue weighted by Crippen LogP contribution is -2.25. The van der Waals surface area contributed by atoms with Crippen molar-refractivity contribution in [2.45, 2.75) is 25.0 Å². The number of sulfonamides is 1. The Morgan fingerprint density at radius 3 is 2.55 bits per heavy atom. The van der Waals surface area contributed by atoms with E-state index in [1.807, 2.05) is 0 Å². The minimum Gasteiger partial charge on any atom is -0.395 e. The Kier molecular flexibility index (Phi) is 3.02. The summed E-state index contributed by atoms with van der Waals surface area (Å²) >= 11 is 0. The van der Waals surface area contributed by atoms with Crippen LogP contribution in [0.5, 0.6) is 11.5 Å². The van der Waals surface area contributed by atoms with E-state index in [1.165, 1.54) is 19.1 Å². The average molecular weight is 331 g/mol. The van der Waals surface area contributed by atoms with E-state index >= 15 is 0 Å². The largest absolute Gasteiger partial charge is 0.586 e. The second-order valence-corrected chi connectivity index (χ2v) is 6.32. The Bertz CT molecular complexity index is 829. The molecule has 10 heteroatoms. The molecule has 1 aliphatic heterocycles. The van der Waals surface area contributed by atoms with Crippen LogP contribution >= 0.6 is 0 Å². The first kappa shape index (κ1) is 14.6. The van der Waals surface area contributed by atoms with Crippen LogP contribution in [0.15, 0.2) is 23.1 Å². The summed E-state index contributed by atoms with van der Waals surface area (Å²) in [6.07, 6.45) is -3.75. The van der Waals surface area contributed by atoms with Crippen molar-refractivity contribution >= 4 is 15.7 Å². The van der Waals surface area contributed by atoms with Gasteiger partial charge in [0.15, 0.2) is 11.5 Å². The molecule has 2 aromatic rings. The van der Waals surface area contributed by atoms with E-state index in [2.05, 4.69) is 24.4 Å². The number of hydrogen-bond donors (Lipinski definition) is 2. The maximum atomic E-state index is 12.9. The fourth-order valence-electron chi connectivity index (χ4n) is 2.16. The highest BCUT2D eigenvalue weighted by atomic mass is 32.2. The minimum atomic E-state index is -3.91. The number of anilines is 1. The lowest BCUT2D eigenvalue weighted by Gasteiger charge is -2.08. The van der Waals surface area contributed by atoms with Gasteiger partial charge in [-0.1, -0.05) is 0 Å². The number of aryl methyl sites for hydroxylation is 2. The maximum Gasteiger partial charge on any atom is 0.586 e. The van der Waals surface area contributed by atoms with E-state index in [0.717, 1.165) is 6.07 Å². The molecule has 22 heavy (non-hydrogen) atoms. The Hall–Kier alpha value is -2.36. The van der Waals surface area contributed by atoms with Crippen LogP contribution in [0.2, 0.25) is 0 Å². The van der Waals surface area contributed by atoms with E-state index in [0.29, 0.717) is 11.4 Å². The average Bonchev–Trinajstić information content (AvgIpc) is 2.86. The quantitative estimate of drug-likeness (QED) is 0.899. The molecule has 0 aliphatic carbocycles. The lowest BCUT2D eigenvalue weighted by molar-refractivity contribution is -0.286. The number of nitrogens with one attached hydrogen (secondary N) is 2. The number of hydrogen-bond acceptors (Lipinski definition) is 5. The summed E-state index contributed by atoms with van der Waals surface area (Å²) in [6, 6.07) is 3.62. The molecule has 1 aromatic heterocycles. The summed E-state index contributed by atoms with van der Waals surface area (Å²) in [7, 11) is -3.91. The van der Waals surface area contributed by atoms with Gasteiger partial charge in [-0.25, -0.2) is 8.42 Å². The number of nitrogens with zero attached hydrogens (tertiary/aromatic N) is 1. The summed E-state index contributed by atoms with van der Waals surface area (Å²) < 4.78 is 61.4. The molecule has 0 atom stereocenters. The first-order valence-corrected chi connectivity index (χ1v) is 7.60. The van der Waals surface area contributed by atoms with Crippen molar-refractivity contribution in [2.75, 3.05) is 4.72 Å². The van der Waals surface area contributed by atoms with E-state index in [9.17, 15) is 17.2 Å². The molecule has 0 bridgehead atoms. The number of aromatic nitrogens is 2. The number of H-pyrrole nitrogens is 1. The van der Waals surface area contributed by atoms with Crippen LogP contribution in [-0.4, -0.2) is 24.9 Å². The van der Waals surface area contributed by atoms with E-state index in [1.54, 1.807) is 6.92 Å².